The normalized spacial score (nSPS) is 17.1. The Hall–Kier alpha value is -3.41. The van der Waals surface area contributed by atoms with Crippen LogP contribution in [0.3, 0.4) is 0 Å². The predicted molar refractivity (Wildman–Crippen MR) is 125 cm³/mol. The van der Waals surface area contributed by atoms with Crippen LogP contribution in [-0.2, 0) is 5.41 Å². The van der Waals surface area contributed by atoms with Crippen LogP contribution in [0.2, 0.25) is 0 Å². The van der Waals surface area contributed by atoms with Gasteiger partial charge in [-0.3, -0.25) is 0 Å². The molecule has 0 spiro atoms. The first-order valence-corrected chi connectivity index (χ1v) is 10.7. The number of fused-ring (bicyclic) bond motifs is 1. The SMILES string of the molecule is C=C1C[C@@H](c2nc3ccc(C(C)(C)C)cc3[nH]2)N(c2cc(C)ccc2-n2nccn2)C1. The first kappa shape index (κ1) is 19.5. The molecule has 1 fully saturated rings. The molecule has 0 bridgehead atoms. The van der Waals surface area contributed by atoms with Crippen molar-refractivity contribution in [3.63, 3.8) is 0 Å². The molecular formula is C25H28N6. The Kier molecular flexibility index (Phi) is 4.46. The maximum absolute atomic E-state index is 4.97. The number of imidazole rings is 1. The minimum Gasteiger partial charge on any atom is -0.355 e. The molecule has 2 aromatic carbocycles. The Morgan fingerprint density at radius 1 is 1.03 bits per heavy atom. The topological polar surface area (TPSA) is 62.6 Å². The minimum absolute atomic E-state index is 0.0918. The van der Waals surface area contributed by atoms with E-state index in [1.165, 1.54) is 16.7 Å². The summed E-state index contributed by atoms with van der Waals surface area (Å²) in [6, 6.07) is 13.0. The van der Waals surface area contributed by atoms with E-state index in [1.54, 1.807) is 17.2 Å². The summed E-state index contributed by atoms with van der Waals surface area (Å²) in [5.74, 6) is 0.973. The van der Waals surface area contributed by atoms with Crippen LogP contribution in [-0.4, -0.2) is 31.5 Å². The van der Waals surface area contributed by atoms with Gasteiger partial charge in [0.05, 0.1) is 35.2 Å². The molecular weight excluding hydrogens is 384 g/mol. The van der Waals surface area contributed by atoms with E-state index in [2.05, 4.69) is 90.8 Å². The van der Waals surface area contributed by atoms with Gasteiger partial charge < -0.3 is 9.88 Å². The van der Waals surface area contributed by atoms with Crippen LogP contribution in [0, 0.1) is 6.92 Å². The summed E-state index contributed by atoms with van der Waals surface area (Å²) in [7, 11) is 0. The van der Waals surface area contributed by atoms with Crippen LogP contribution in [0.5, 0.6) is 0 Å². The van der Waals surface area contributed by atoms with Crippen molar-refractivity contribution in [1.29, 1.82) is 0 Å². The second-order valence-electron chi connectivity index (χ2n) is 9.51. The van der Waals surface area contributed by atoms with Crippen molar-refractivity contribution in [2.45, 2.75) is 45.6 Å². The lowest BCUT2D eigenvalue weighted by molar-refractivity contribution is 0.591. The first-order chi connectivity index (χ1) is 14.8. The monoisotopic (exact) mass is 412 g/mol. The van der Waals surface area contributed by atoms with Crippen LogP contribution < -0.4 is 4.90 Å². The molecule has 6 heteroatoms. The molecule has 1 aliphatic heterocycles. The van der Waals surface area contributed by atoms with Gasteiger partial charge in [-0.25, -0.2) is 4.98 Å². The molecule has 0 saturated carbocycles. The van der Waals surface area contributed by atoms with E-state index in [1.807, 2.05) is 0 Å². The zero-order valence-electron chi connectivity index (χ0n) is 18.6. The largest absolute Gasteiger partial charge is 0.355 e. The van der Waals surface area contributed by atoms with Crippen LogP contribution in [0.4, 0.5) is 5.69 Å². The van der Waals surface area contributed by atoms with Crippen molar-refractivity contribution in [3.8, 4) is 5.69 Å². The van der Waals surface area contributed by atoms with E-state index in [-0.39, 0.29) is 11.5 Å². The zero-order valence-corrected chi connectivity index (χ0v) is 18.6. The number of rotatable bonds is 3. The highest BCUT2D eigenvalue weighted by atomic mass is 15.5. The second-order valence-corrected chi connectivity index (χ2v) is 9.51. The molecule has 2 aromatic heterocycles. The summed E-state index contributed by atoms with van der Waals surface area (Å²) >= 11 is 0. The molecule has 1 atom stereocenters. The molecule has 0 radical (unpaired) electrons. The maximum atomic E-state index is 4.97. The molecule has 0 aliphatic carbocycles. The fourth-order valence-electron chi connectivity index (χ4n) is 4.32. The number of aryl methyl sites for hydroxylation is 1. The van der Waals surface area contributed by atoms with Gasteiger partial charge in [0.25, 0.3) is 0 Å². The number of benzene rings is 2. The lowest BCUT2D eigenvalue weighted by atomic mass is 9.87. The van der Waals surface area contributed by atoms with Crippen molar-refractivity contribution in [2.75, 3.05) is 11.4 Å². The lowest BCUT2D eigenvalue weighted by Crippen LogP contribution is -2.25. The highest BCUT2D eigenvalue weighted by molar-refractivity contribution is 5.77. The Labute approximate surface area is 182 Å². The summed E-state index contributed by atoms with van der Waals surface area (Å²) < 4.78 is 0. The van der Waals surface area contributed by atoms with Gasteiger partial charge in [0, 0.05) is 6.54 Å². The van der Waals surface area contributed by atoms with Gasteiger partial charge in [-0.15, -0.1) is 4.80 Å². The first-order valence-electron chi connectivity index (χ1n) is 10.7. The van der Waals surface area contributed by atoms with E-state index in [4.69, 9.17) is 4.98 Å². The van der Waals surface area contributed by atoms with Crippen molar-refractivity contribution >= 4 is 16.7 Å². The molecule has 0 unspecified atom stereocenters. The quantitative estimate of drug-likeness (QED) is 0.467. The molecule has 1 saturated heterocycles. The summed E-state index contributed by atoms with van der Waals surface area (Å²) in [6.45, 7) is 13.9. The van der Waals surface area contributed by atoms with Gasteiger partial charge in [0.2, 0.25) is 0 Å². The van der Waals surface area contributed by atoms with Crippen molar-refractivity contribution in [1.82, 2.24) is 25.0 Å². The van der Waals surface area contributed by atoms with Gasteiger partial charge >= 0.3 is 0 Å². The van der Waals surface area contributed by atoms with Gasteiger partial charge in [-0.05, 0) is 54.2 Å². The van der Waals surface area contributed by atoms with Crippen molar-refractivity contribution in [3.05, 3.63) is 77.9 Å². The van der Waals surface area contributed by atoms with Crippen LogP contribution >= 0.6 is 0 Å². The minimum atomic E-state index is 0.0918. The van der Waals surface area contributed by atoms with Crippen LogP contribution in [0.25, 0.3) is 16.7 Å². The third-order valence-corrected chi connectivity index (χ3v) is 6.01. The van der Waals surface area contributed by atoms with Gasteiger partial charge in [-0.2, -0.15) is 10.2 Å². The van der Waals surface area contributed by atoms with Crippen molar-refractivity contribution in [2.24, 2.45) is 0 Å². The number of aromatic amines is 1. The maximum Gasteiger partial charge on any atom is 0.130 e. The highest BCUT2D eigenvalue weighted by Crippen LogP contribution is 2.40. The molecule has 0 amide bonds. The molecule has 1 aliphatic rings. The van der Waals surface area contributed by atoms with E-state index >= 15 is 0 Å². The smallest absolute Gasteiger partial charge is 0.130 e. The summed E-state index contributed by atoms with van der Waals surface area (Å²) in [6.07, 6.45) is 4.28. The number of hydrogen-bond acceptors (Lipinski definition) is 4. The van der Waals surface area contributed by atoms with E-state index in [9.17, 15) is 0 Å². The summed E-state index contributed by atoms with van der Waals surface area (Å²) in [4.78, 5) is 12.6. The molecule has 3 heterocycles. The van der Waals surface area contributed by atoms with E-state index < -0.39 is 0 Å². The second kappa shape index (κ2) is 7.08. The Morgan fingerprint density at radius 2 is 1.81 bits per heavy atom. The Bertz CT molecular complexity index is 1260. The average molecular weight is 413 g/mol. The number of hydrogen-bond donors (Lipinski definition) is 1. The third-order valence-electron chi connectivity index (χ3n) is 6.01. The Morgan fingerprint density at radius 3 is 2.55 bits per heavy atom. The number of nitrogens with zero attached hydrogens (tertiary/aromatic N) is 5. The summed E-state index contributed by atoms with van der Waals surface area (Å²) in [5, 5.41) is 8.73. The predicted octanol–water partition coefficient (Wildman–Crippen LogP) is 5.26. The van der Waals surface area contributed by atoms with Crippen molar-refractivity contribution < 1.29 is 0 Å². The molecule has 158 valence electrons. The van der Waals surface area contributed by atoms with Crippen LogP contribution in [0.1, 0.15) is 50.2 Å². The van der Waals surface area contributed by atoms with Gasteiger partial charge in [0.1, 0.15) is 11.5 Å². The standard InChI is InChI=1S/C25H28N6/c1-16-6-9-21(31-26-10-11-27-31)22(12-16)30-15-17(2)13-23(30)24-28-19-8-7-18(25(3,4)5)14-20(19)29-24/h6-12,14,23H,2,13,15H2,1,3-5H3,(H,28,29)/t23-/m0/s1. The number of nitrogens with one attached hydrogen (secondary N) is 1. The molecule has 1 N–H and O–H groups in total. The fourth-order valence-corrected chi connectivity index (χ4v) is 4.32. The van der Waals surface area contributed by atoms with Gasteiger partial charge in [-0.1, -0.05) is 45.1 Å². The highest BCUT2D eigenvalue weighted by Gasteiger charge is 2.33. The molecule has 4 aromatic rings. The molecule has 6 nitrogen and oxygen atoms in total. The molecule has 5 rings (SSSR count). The Balaban J connectivity index is 1.59. The average Bonchev–Trinajstić information content (AvgIpc) is 3.45. The van der Waals surface area contributed by atoms with E-state index in [0.717, 1.165) is 41.2 Å². The fraction of sp³-hybridized carbons (Fsp3) is 0.320. The number of anilines is 1. The third kappa shape index (κ3) is 3.52. The van der Waals surface area contributed by atoms with Gasteiger partial charge in [0.15, 0.2) is 0 Å². The zero-order chi connectivity index (χ0) is 21.8. The van der Waals surface area contributed by atoms with Crippen LogP contribution in [0.15, 0.2) is 60.9 Å². The number of H-pyrrole nitrogens is 1. The molecule has 31 heavy (non-hydrogen) atoms. The summed E-state index contributed by atoms with van der Waals surface area (Å²) in [5.41, 5.74) is 7.92. The number of aromatic nitrogens is 5. The lowest BCUT2D eigenvalue weighted by Gasteiger charge is -2.27. The van der Waals surface area contributed by atoms with E-state index in [0.29, 0.717) is 0 Å².